The van der Waals surface area contributed by atoms with E-state index in [1.54, 1.807) is 0 Å². The molecule has 0 aromatic carbocycles. The van der Waals surface area contributed by atoms with Gasteiger partial charge in [-0.05, 0) is 30.7 Å². The fourth-order valence-electron chi connectivity index (χ4n) is 1.94. The summed E-state index contributed by atoms with van der Waals surface area (Å²) in [6, 6.07) is 0. The molecule has 0 saturated heterocycles. The number of aromatic nitrogens is 1. The van der Waals surface area contributed by atoms with Crippen LogP contribution in [0.25, 0.3) is 0 Å². The third-order valence-corrected chi connectivity index (χ3v) is 4.12. The van der Waals surface area contributed by atoms with Gasteiger partial charge in [-0.3, -0.25) is 0 Å². The van der Waals surface area contributed by atoms with Gasteiger partial charge in [-0.15, -0.1) is 11.3 Å². The lowest BCUT2D eigenvalue weighted by Crippen LogP contribution is -2.18. The van der Waals surface area contributed by atoms with Crippen LogP contribution in [0.15, 0.2) is 0 Å². The molecule has 2 nitrogen and oxygen atoms in total. The molecular weight excluding hydrogens is 240 g/mol. The Bertz CT molecular complexity index is 353. The average Bonchev–Trinajstić information content (AvgIpc) is 2.59. The second-order valence-electron chi connectivity index (χ2n) is 6.20. The Morgan fingerprint density at radius 1 is 1.06 bits per heavy atom. The Balaban J connectivity index is 2.69. The lowest BCUT2D eigenvalue weighted by molar-refractivity contribution is 0.550. The number of hydrogen-bond acceptors (Lipinski definition) is 3. The molecule has 0 aliphatic rings. The predicted molar refractivity (Wildman–Crippen MR) is 81.3 cm³/mol. The smallest absolute Gasteiger partial charge is 0.107 e. The summed E-state index contributed by atoms with van der Waals surface area (Å²) in [7, 11) is 0. The molecule has 0 amide bonds. The zero-order chi connectivity index (χ0) is 13.7. The van der Waals surface area contributed by atoms with Crippen LogP contribution in [0.5, 0.6) is 0 Å². The van der Waals surface area contributed by atoms with Gasteiger partial charge in [-0.25, -0.2) is 4.98 Å². The van der Waals surface area contributed by atoms with Crippen LogP contribution in [-0.2, 0) is 13.0 Å². The summed E-state index contributed by atoms with van der Waals surface area (Å²) in [6.07, 6.45) is 1.11. The van der Waals surface area contributed by atoms with Crippen molar-refractivity contribution in [1.29, 1.82) is 0 Å². The summed E-state index contributed by atoms with van der Waals surface area (Å²) in [4.78, 5) is 6.30. The SMILES string of the molecule is CC(C)CNCc1nc(CC(C)C)c(C(C)C)s1. The normalized spacial score (nSPS) is 12.1. The van der Waals surface area contributed by atoms with E-state index in [4.69, 9.17) is 4.98 Å². The van der Waals surface area contributed by atoms with E-state index in [2.05, 4.69) is 46.9 Å². The van der Waals surface area contributed by atoms with Crippen LogP contribution in [-0.4, -0.2) is 11.5 Å². The van der Waals surface area contributed by atoms with E-state index in [0.29, 0.717) is 17.8 Å². The van der Waals surface area contributed by atoms with E-state index in [1.807, 2.05) is 11.3 Å². The van der Waals surface area contributed by atoms with Gasteiger partial charge >= 0.3 is 0 Å². The van der Waals surface area contributed by atoms with Gasteiger partial charge in [0.2, 0.25) is 0 Å². The number of rotatable bonds is 7. The van der Waals surface area contributed by atoms with Crippen molar-refractivity contribution in [3.05, 3.63) is 15.6 Å². The summed E-state index contributed by atoms with van der Waals surface area (Å²) in [6.45, 7) is 15.5. The number of nitrogens with one attached hydrogen (secondary N) is 1. The molecule has 1 heterocycles. The fourth-order valence-corrected chi connectivity index (χ4v) is 3.01. The molecule has 0 aliphatic heterocycles. The minimum Gasteiger partial charge on any atom is -0.310 e. The van der Waals surface area contributed by atoms with Crippen LogP contribution in [0.2, 0.25) is 0 Å². The molecule has 1 N–H and O–H groups in total. The van der Waals surface area contributed by atoms with E-state index < -0.39 is 0 Å². The van der Waals surface area contributed by atoms with Gasteiger partial charge in [0.1, 0.15) is 5.01 Å². The van der Waals surface area contributed by atoms with Crippen LogP contribution >= 0.6 is 11.3 Å². The Morgan fingerprint density at radius 2 is 1.72 bits per heavy atom. The van der Waals surface area contributed by atoms with Crippen molar-refractivity contribution in [3.63, 3.8) is 0 Å². The standard InChI is InChI=1S/C15H28N2S/c1-10(2)7-13-15(12(5)6)18-14(17-13)9-16-8-11(3)4/h10-12,16H,7-9H2,1-6H3. The second kappa shape index (κ2) is 7.25. The number of hydrogen-bond donors (Lipinski definition) is 1. The summed E-state index contributed by atoms with van der Waals surface area (Å²) in [5, 5.41) is 4.73. The van der Waals surface area contributed by atoms with Crippen LogP contribution in [0.1, 0.15) is 63.0 Å². The van der Waals surface area contributed by atoms with E-state index in [-0.39, 0.29) is 0 Å². The molecule has 104 valence electrons. The minimum absolute atomic E-state index is 0.593. The van der Waals surface area contributed by atoms with Gasteiger partial charge in [0.25, 0.3) is 0 Å². The molecular formula is C15H28N2S. The molecule has 0 radical (unpaired) electrons. The lowest BCUT2D eigenvalue weighted by Gasteiger charge is -2.06. The quantitative estimate of drug-likeness (QED) is 0.801. The Kier molecular flexibility index (Phi) is 6.30. The molecule has 0 bridgehead atoms. The van der Waals surface area contributed by atoms with Crippen LogP contribution in [0.3, 0.4) is 0 Å². The Morgan fingerprint density at radius 3 is 2.22 bits per heavy atom. The zero-order valence-electron chi connectivity index (χ0n) is 12.7. The highest BCUT2D eigenvalue weighted by Crippen LogP contribution is 2.28. The maximum absolute atomic E-state index is 4.82. The maximum Gasteiger partial charge on any atom is 0.107 e. The average molecular weight is 268 g/mol. The topological polar surface area (TPSA) is 24.9 Å². The third kappa shape index (κ3) is 5.07. The highest BCUT2D eigenvalue weighted by Gasteiger charge is 2.14. The molecule has 3 heteroatoms. The van der Waals surface area contributed by atoms with Gasteiger partial charge in [-0.1, -0.05) is 41.5 Å². The molecule has 18 heavy (non-hydrogen) atoms. The molecule has 0 unspecified atom stereocenters. The summed E-state index contributed by atoms with van der Waals surface area (Å²) < 4.78 is 0. The molecule has 0 saturated carbocycles. The molecule has 0 spiro atoms. The maximum atomic E-state index is 4.82. The molecule has 0 aliphatic carbocycles. The first-order chi connectivity index (χ1) is 8.40. The number of nitrogens with zero attached hydrogens (tertiary/aromatic N) is 1. The van der Waals surface area contributed by atoms with Crippen molar-refractivity contribution in [1.82, 2.24) is 10.3 Å². The minimum atomic E-state index is 0.593. The van der Waals surface area contributed by atoms with E-state index in [0.717, 1.165) is 19.5 Å². The number of thiazole rings is 1. The molecule has 0 atom stereocenters. The monoisotopic (exact) mass is 268 g/mol. The Hall–Kier alpha value is -0.410. The lowest BCUT2D eigenvalue weighted by atomic mass is 10.0. The van der Waals surface area contributed by atoms with Crippen molar-refractivity contribution >= 4 is 11.3 Å². The summed E-state index contributed by atoms with van der Waals surface area (Å²) >= 11 is 1.89. The highest BCUT2D eigenvalue weighted by atomic mass is 32.1. The van der Waals surface area contributed by atoms with E-state index >= 15 is 0 Å². The van der Waals surface area contributed by atoms with Crippen molar-refractivity contribution < 1.29 is 0 Å². The van der Waals surface area contributed by atoms with Crippen LogP contribution in [0, 0.1) is 11.8 Å². The second-order valence-corrected chi connectivity index (χ2v) is 7.31. The van der Waals surface area contributed by atoms with Crippen molar-refractivity contribution in [2.45, 2.75) is 60.4 Å². The van der Waals surface area contributed by atoms with Gasteiger partial charge < -0.3 is 5.32 Å². The van der Waals surface area contributed by atoms with Crippen molar-refractivity contribution in [2.75, 3.05) is 6.54 Å². The van der Waals surface area contributed by atoms with E-state index in [9.17, 15) is 0 Å². The summed E-state index contributed by atoms with van der Waals surface area (Å²) in [5.41, 5.74) is 1.33. The van der Waals surface area contributed by atoms with Gasteiger partial charge in [0.15, 0.2) is 0 Å². The van der Waals surface area contributed by atoms with Crippen molar-refractivity contribution in [2.24, 2.45) is 11.8 Å². The van der Waals surface area contributed by atoms with Gasteiger partial charge in [-0.2, -0.15) is 0 Å². The first-order valence-electron chi connectivity index (χ1n) is 7.09. The predicted octanol–water partition coefficient (Wildman–Crippen LogP) is 4.21. The zero-order valence-corrected chi connectivity index (χ0v) is 13.5. The Labute approximate surface area is 116 Å². The third-order valence-electron chi connectivity index (χ3n) is 2.73. The van der Waals surface area contributed by atoms with Crippen LogP contribution < -0.4 is 5.32 Å². The first kappa shape index (κ1) is 15.6. The van der Waals surface area contributed by atoms with E-state index in [1.165, 1.54) is 15.6 Å². The van der Waals surface area contributed by atoms with Crippen LogP contribution in [0.4, 0.5) is 0 Å². The molecule has 0 fully saturated rings. The largest absolute Gasteiger partial charge is 0.310 e. The molecule has 1 rings (SSSR count). The summed E-state index contributed by atoms with van der Waals surface area (Å²) in [5.74, 6) is 1.97. The molecule has 1 aromatic heterocycles. The fraction of sp³-hybridized carbons (Fsp3) is 0.800. The van der Waals surface area contributed by atoms with Crippen molar-refractivity contribution in [3.8, 4) is 0 Å². The first-order valence-corrected chi connectivity index (χ1v) is 7.91. The van der Waals surface area contributed by atoms with Gasteiger partial charge in [0.05, 0.1) is 5.69 Å². The van der Waals surface area contributed by atoms with Gasteiger partial charge in [0, 0.05) is 11.4 Å². The molecule has 1 aromatic rings. The highest BCUT2D eigenvalue weighted by molar-refractivity contribution is 7.11.